The second-order valence-corrected chi connectivity index (χ2v) is 7.13. The number of nitrogens with one attached hydrogen (secondary N) is 1. The van der Waals surface area contributed by atoms with E-state index in [0.29, 0.717) is 31.2 Å². The fraction of sp³-hybridized carbons (Fsp3) is 0.409. The van der Waals surface area contributed by atoms with Crippen molar-refractivity contribution in [3.63, 3.8) is 0 Å². The van der Waals surface area contributed by atoms with Gasteiger partial charge in [-0.1, -0.05) is 18.2 Å². The van der Waals surface area contributed by atoms with Crippen LogP contribution in [0.15, 0.2) is 42.5 Å². The first kappa shape index (κ1) is 18.6. The van der Waals surface area contributed by atoms with E-state index in [9.17, 15) is 4.79 Å². The topological polar surface area (TPSA) is 60.0 Å². The van der Waals surface area contributed by atoms with E-state index in [1.807, 2.05) is 30.3 Å². The Kier molecular flexibility index (Phi) is 5.67. The number of carbonyl (C=O) groups is 1. The number of likely N-dealkylation sites (tertiary alicyclic amines) is 1. The van der Waals surface area contributed by atoms with Crippen LogP contribution in [0.25, 0.3) is 0 Å². The average molecular weight is 382 g/mol. The van der Waals surface area contributed by atoms with Crippen LogP contribution in [0.4, 0.5) is 5.69 Å². The smallest absolute Gasteiger partial charge is 0.238 e. The Morgan fingerprint density at radius 1 is 1.14 bits per heavy atom. The predicted molar refractivity (Wildman–Crippen MR) is 107 cm³/mol. The molecule has 0 spiro atoms. The SMILES string of the molecule is COc1ccccc1NC(=O)CN1CCC[C@H]1c1ccc2c(c1)OCCCO2. The van der Waals surface area contributed by atoms with Crippen LogP contribution in [0.2, 0.25) is 0 Å². The van der Waals surface area contributed by atoms with Crippen LogP contribution >= 0.6 is 0 Å². The summed E-state index contributed by atoms with van der Waals surface area (Å²) in [5, 5.41) is 2.97. The fourth-order valence-corrected chi connectivity index (χ4v) is 3.90. The molecule has 0 aliphatic carbocycles. The number of nitrogens with zero attached hydrogens (tertiary/aromatic N) is 1. The van der Waals surface area contributed by atoms with Crippen LogP contribution in [0.5, 0.6) is 17.2 Å². The molecule has 1 amide bonds. The molecule has 0 unspecified atom stereocenters. The van der Waals surface area contributed by atoms with Crippen LogP contribution in [0, 0.1) is 0 Å². The van der Waals surface area contributed by atoms with Crippen LogP contribution in [0.3, 0.4) is 0 Å². The van der Waals surface area contributed by atoms with Gasteiger partial charge in [-0.25, -0.2) is 0 Å². The zero-order valence-corrected chi connectivity index (χ0v) is 16.1. The summed E-state index contributed by atoms with van der Waals surface area (Å²) in [6.45, 7) is 2.60. The van der Waals surface area contributed by atoms with Crippen molar-refractivity contribution in [2.24, 2.45) is 0 Å². The lowest BCUT2D eigenvalue weighted by atomic mass is 10.0. The lowest BCUT2D eigenvalue weighted by Gasteiger charge is -2.25. The van der Waals surface area contributed by atoms with Crippen molar-refractivity contribution in [2.75, 3.05) is 38.7 Å². The minimum Gasteiger partial charge on any atom is -0.495 e. The Morgan fingerprint density at radius 2 is 1.96 bits per heavy atom. The fourth-order valence-electron chi connectivity index (χ4n) is 3.90. The third kappa shape index (κ3) is 4.07. The van der Waals surface area contributed by atoms with Gasteiger partial charge in [0, 0.05) is 12.5 Å². The standard InChI is InChI=1S/C22H26N2O4/c1-26-19-8-3-2-6-17(19)23-22(25)15-24-11-4-7-18(24)16-9-10-20-21(14-16)28-13-5-12-27-20/h2-3,6,8-10,14,18H,4-5,7,11-13,15H2,1H3,(H,23,25)/t18-/m0/s1. The molecule has 0 bridgehead atoms. The Morgan fingerprint density at radius 3 is 2.82 bits per heavy atom. The molecule has 0 radical (unpaired) electrons. The first-order valence-corrected chi connectivity index (χ1v) is 9.81. The molecule has 6 nitrogen and oxygen atoms in total. The Hall–Kier alpha value is -2.73. The highest BCUT2D eigenvalue weighted by Crippen LogP contribution is 2.37. The molecule has 4 rings (SSSR count). The van der Waals surface area contributed by atoms with Crippen molar-refractivity contribution in [1.82, 2.24) is 4.90 Å². The molecule has 1 saturated heterocycles. The first-order chi connectivity index (χ1) is 13.7. The van der Waals surface area contributed by atoms with Crippen LogP contribution in [-0.2, 0) is 4.79 Å². The molecule has 1 atom stereocenters. The third-order valence-electron chi connectivity index (χ3n) is 5.25. The number of amides is 1. The van der Waals surface area contributed by atoms with Gasteiger partial charge in [-0.15, -0.1) is 0 Å². The van der Waals surface area contributed by atoms with Crippen molar-refractivity contribution in [3.8, 4) is 17.2 Å². The van der Waals surface area contributed by atoms with Crippen LogP contribution in [0.1, 0.15) is 30.9 Å². The number of hydrogen-bond donors (Lipinski definition) is 1. The zero-order valence-electron chi connectivity index (χ0n) is 16.1. The molecule has 0 saturated carbocycles. The molecular weight excluding hydrogens is 356 g/mol. The minimum atomic E-state index is -0.0363. The summed E-state index contributed by atoms with van der Waals surface area (Å²) < 4.78 is 16.9. The van der Waals surface area contributed by atoms with E-state index in [2.05, 4.69) is 22.3 Å². The Bertz CT molecular complexity index is 839. The van der Waals surface area contributed by atoms with E-state index in [4.69, 9.17) is 14.2 Å². The highest BCUT2D eigenvalue weighted by atomic mass is 16.5. The van der Waals surface area contributed by atoms with E-state index in [-0.39, 0.29) is 11.9 Å². The maximum Gasteiger partial charge on any atom is 0.238 e. The summed E-state index contributed by atoms with van der Waals surface area (Å²) in [6, 6.07) is 13.8. The maximum absolute atomic E-state index is 12.6. The number of hydrogen-bond acceptors (Lipinski definition) is 5. The highest BCUT2D eigenvalue weighted by molar-refractivity contribution is 5.93. The summed E-state index contributed by atoms with van der Waals surface area (Å²) in [5.74, 6) is 2.24. The van der Waals surface area contributed by atoms with E-state index in [1.165, 1.54) is 5.56 Å². The quantitative estimate of drug-likeness (QED) is 0.856. The van der Waals surface area contributed by atoms with Gasteiger partial charge in [-0.05, 0) is 49.2 Å². The van der Waals surface area contributed by atoms with Gasteiger partial charge < -0.3 is 19.5 Å². The van der Waals surface area contributed by atoms with E-state index in [0.717, 1.165) is 37.3 Å². The van der Waals surface area contributed by atoms with Gasteiger partial charge in [0.1, 0.15) is 5.75 Å². The Labute approximate surface area is 165 Å². The second kappa shape index (κ2) is 8.52. The van der Waals surface area contributed by atoms with Crippen molar-refractivity contribution in [1.29, 1.82) is 0 Å². The van der Waals surface area contributed by atoms with Crippen LogP contribution in [-0.4, -0.2) is 44.2 Å². The number of anilines is 1. The van der Waals surface area contributed by atoms with Crippen LogP contribution < -0.4 is 19.5 Å². The zero-order chi connectivity index (χ0) is 19.3. The molecule has 2 aromatic rings. The van der Waals surface area contributed by atoms with Gasteiger partial charge >= 0.3 is 0 Å². The normalized spacial score (nSPS) is 19.1. The van der Waals surface area contributed by atoms with Crippen molar-refractivity contribution in [3.05, 3.63) is 48.0 Å². The maximum atomic E-state index is 12.6. The molecule has 148 valence electrons. The van der Waals surface area contributed by atoms with Crippen molar-refractivity contribution < 1.29 is 19.0 Å². The summed E-state index contributed by atoms with van der Waals surface area (Å²) >= 11 is 0. The lowest BCUT2D eigenvalue weighted by molar-refractivity contribution is -0.117. The van der Waals surface area contributed by atoms with Gasteiger partial charge in [-0.3, -0.25) is 9.69 Å². The number of carbonyl (C=O) groups excluding carboxylic acids is 1. The summed E-state index contributed by atoms with van der Waals surface area (Å²) in [4.78, 5) is 14.9. The van der Waals surface area contributed by atoms with Gasteiger partial charge in [0.2, 0.25) is 5.91 Å². The highest BCUT2D eigenvalue weighted by Gasteiger charge is 2.28. The van der Waals surface area contributed by atoms with E-state index < -0.39 is 0 Å². The summed E-state index contributed by atoms with van der Waals surface area (Å²) in [6.07, 6.45) is 2.99. The van der Waals surface area contributed by atoms with Crippen molar-refractivity contribution >= 4 is 11.6 Å². The first-order valence-electron chi connectivity index (χ1n) is 9.81. The second-order valence-electron chi connectivity index (χ2n) is 7.13. The van der Waals surface area contributed by atoms with Gasteiger partial charge in [0.15, 0.2) is 11.5 Å². The molecular formula is C22H26N2O4. The number of rotatable bonds is 5. The van der Waals surface area contributed by atoms with Crippen molar-refractivity contribution in [2.45, 2.75) is 25.3 Å². The molecule has 28 heavy (non-hydrogen) atoms. The summed E-state index contributed by atoms with van der Waals surface area (Å²) in [7, 11) is 1.60. The van der Waals surface area contributed by atoms with E-state index in [1.54, 1.807) is 7.11 Å². The third-order valence-corrected chi connectivity index (χ3v) is 5.25. The largest absolute Gasteiger partial charge is 0.495 e. The predicted octanol–water partition coefficient (Wildman–Crippen LogP) is 3.63. The van der Waals surface area contributed by atoms with E-state index >= 15 is 0 Å². The lowest BCUT2D eigenvalue weighted by Crippen LogP contribution is -2.33. The number of benzene rings is 2. The number of fused-ring (bicyclic) bond motifs is 1. The molecule has 2 heterocycles. The molecule has 1 fully saturated rings. The number of methoxy groups -OCH3 is 1. The van der Waals surface area contributed by atoms with Gasteiger partial charge in [0.25, 0.3) is 0 Å². The molecule has 2 aromatic carbocycles. The van der Waals surface area contributed by atoms with Gasteiger partial charge in [0.05, 0.1) is 32.6 Å². The molecule has 6 heteroatoms. The molecule has 2 aliphatic rings. The molecule has 0 aromatic heterocycles. The minimum absolute atomic E-state index is 0.0363. The number of ether oxygens (including phenoxy) is 3. The summed E-state index contributed by atoms with van der Waals surface area (Å²) in [5.41, 5.74) is 1.87. The monoisotopic (exact) mass is 382 g/mol. The molecule has 2 aliphatic heterocycles. The molecule has 1 N–H and O–H groups in total. The van der Waals surface area contributed by atoms with Gasteiger partial charge in [-0.2, -0.15) is 0 Å². The Balaban J connectivity index is 1.45. The average Bonchev–Trinajstić information content (AvgIpc) is 3.03. The number of para-hydroxylation sites is 2.